The van der Waals surface area contributed by atoms with Crippen LogP contribution < -0.4 is 10.6 Å². The number of nitrogens with zero attached hydrogens (tertiary/aromatic N) is 1. The largest absolute Gasteiger partial charge is 0.355 e. The summed E-state index contributed by atoms with van der Waals surface area (Å²) < 4.78 is 13.6. The molecule has 2 aliphatic rings. The van der Waals surface area contributed by atoms with Crippen LogP contribution in [0, 0.1) is 5.82 Å². The Labute approximate surface area is 142 Å². The first-order valence-corrected chi connectivity index (χ1v) is 8.67. The van der Waals surface area contributed by atoms with Gasteiger partial charge in [0.05, 0.1) is 0 Å². The van der Waals surface area contributed by atoms with Gasteiger partial charge in [-0.15, -0.1) is 0 Å². The molecule has 0 radical (unpaired) electrons. The summed E-state index contributed by atoms with van der Waals surface area (Å²) in [4.78, 5) is 2.49. The highest BCUT2D eigenvalue weighted by molar-refractivity contribution is 5.75. The monoisotopic (exact) mass is 325 g/mol. The van der Waals surface area contributed by atoms with Crippen molar-refractivity contribution < 1.29 is 4.39 Å². The highest BCUT2D eigenvalue weighted by atomic mass is 19.1. The molecule has 24 heavy (non-hydrogen) atoms. The Morgan fingerprint density at radius 2 is 1.79 bits per heavy atom. The predicted octanol–water partition coefficient (Wildman–Crippen LogP) is 3.61. The van der Waals surface area contributed by atoms with E-state index in [2.05, 4.69) is 47.6 Å². The average molecular weight is 325 g/mol. The fourth-order valence-electron chi connectivity index (χ4n) is 3.90. The quantitative estimate of drug-likeness (QED) is 0.883. The van der Waals surface area contributed by atoms with Gasteiger partial charge in [0.25, 0.3) is 0 Å². The minimum Gasteiger partial charge on any atom is -0.355 e. The van der Waals surface area contributed by atoms with Crippen LogP contribution in [0.1, 0.15) is 30.5 Å². The standard InChI is InChI=1S/C20H24FN3/c1-20(2)16-5-4-15(21)12-19(16)23-18-6-3-14(11-17(18)20)13-24-9-7-22-8-10-24/h3-6,11-12,22-23H,7-10,13H2,1-2H3. The second kappa shape index (κ2) is 5.87. The number of hydrogen-bond acceptors (Lipinski definition) is 3. The van der Waals surface area contributed by atoms with E-state index in [0.29, 0.717) is 0 Å². The fourth-order valence-corrected chi connectivity index (χ4v) is 3.90. The summed E-state index contributed by atoms with van der Waals surface area (Å²) in [5.74, 6) is -0.198. The molecule has 0 saturated carbocycles. The first-order chi connectivity index (χ1) is 11.5. The number of rotatable bonds is 2. The number of halogens is 1. The molecule has 4 heteroatoms. The summed E-state index contributed by atoms with van der Waals surface area (Å²) in [6.07, 6.45) is 0. The van der Waals surface area contributed by atoms with Crippen LogP contribution in [0.5, 0.6) is 0 Å². The molecule has 2 N–H and O–H groups in total. The summed E-state index contributed by atoms with van der Waals surface area (Å²) in [6.45, 7) is 9.76. The van der Waals surface area contributed by atoms with Gasteiger partial charge in [-0.25, -0.2) is 4.39 Å². The van der Waals surface area contributed by atoms with Gasteiger partial charge in [-0.1, -0.05) is 32.0 Å². The molecule has 1 fully saturated rings. The number of nitrogens with one attached hydrogen (secondary N) is 2. The zero-order valence-electron chi connectivity index (χ0n) is 14.3. The van der Waals surface area contributed by atoms with Gasteiger partial charge < -0.3 is 10.6 Å². The maximum atomic E-state index is 13.6. The maximum Gasteiger partial charge on any atom is 0.125 e. The molecular formula is C20H24FN3. The van der Waals surface area contributed by atoms with E-state index in [1.807, 2.05) is 6.07 Å². The van der Waals surface area contributed by atoms with Crippen LogP contribution in [0.4, 0.5) is 15.8 Å². The summed E-state index contributed by atoms with van der Waals surface area (Å²) in [7, 11) is 0. The van der Waals surface area contributed by atoms with Gasteiger partial charge in [0.15, 0.2) is 0 Å². The average Bonchev–Trinajstić information content (AvgIpc) is 2.56. The Balaban J connectivity index is 1.67. The first-order valence-electron chi connectivity index (χ1n) is 8.67. The SMILES string of the molecule is CC1(C)c2ccc(F)cc2Nc2ccc(CN3CCNCC3)cc21. The highest BCUT2D eigenvalue weighted by Gasteiger charge is 2.33. The Morgan fingerprint density at radius 3 is 2.58 bits per heavy atom. The first kappa shape index (κ1) is 15.6. The molecule has 0 unspecified atom stereocenters. The summed E-state index contributed by atoms with van der Waals surface area (Å²) in [5.41, 5.74) is 5.61. The van der Waals surface area contributed by atoms with Crippen molar-refractivity contribution >= 4 is 11.4 Å². The molecular weight excluding hydrogens is 301 g/mol. The number of benzene rings is 2. The van der Waals surface area contributed by atoms with Gasteiger partial charge >= 0.3 is 0 Å². The molecule has 3 nitrogen and oxygen atoms in total. The van der Waals surface area contributed by atoms with E-state index >= 15 is 0 Å². The van der Waals surface area contributed by atoms with E-state index in [9.17, 15) is 4.39 Å². The van der Waals surface area contributed by atoms with Gasteiger partial charge in [-0.2, -0.15) is 0 Å². The van der Waals surface area contributed by atoms with Crippen molar-refractivity contribution in [1.82, 2.24) is 10.2 Å². The lowest BCUT2D eigenvalue weighted by Gasteiger charge is -2.36. The lowest BCUT2D eigenvalue weighted by molar-refractivity contribution is 0.233. The molecule has 4 rings (SSSR count). The van der Waals surface area contributed by atoms with Gasteiger partial charge in [0.2, 0.25) is 0 Å². The number of piperazine rings is 1. The van der Waals surface area contributed by atoms with Crippen LogP contribution in [0.3, 0.4) is 0 Å². The van der Waals surface area contributed by atoms with Crippen molar-refractivity contribution in [1.29, 1.82) is 0 Å². The predicted molar refractivity (Wildman–Crippen MR) is 96.4 cm³/mol. The fraction of sp³-hybridized carbons (Fsp3) is 0.400. The third-order valence-electron chi connectivity index (χ3n) is 5.30. The summed E-state index contributed by atoms with van der Waals surface area (Å²) >= 11 is 0. The van der Waals surface area contributed by atoms with Crippen molar-refractivity contribution in [3.63, 3.8) is 0 Å². The molecule has 0 bridgehead atoms. The Bertz CT molecular complexity index is 763. The molecule has 1 saturated heterocycles. The van der Waals surface area contributed by atoms with Crippen LogP contribution in [0.2, 0.25) is 0 Å². The topological polar surface area (TPSA) is 27.3 Å². The van der Waals surface area contributed by atoms with Gasteiger partial charge in [-0.3, -0.25) is 4.90 Å². The van der Waals surface area contributed by atoms with E-state index in [0.717, 1.165) is 49.7 Å². The molecule has 0 atom stereocenters. The molecule has 0 aliphatic carbocycles. The summed E-state index contributed by atoms with van der Waals surface area (Å²) in [5, 5.41) is 6.80. The van der Waals surface area contributed by atoms with Crippen LogP contribution in [-0.4, -0.2) is 31.1 Å². The van der Waals surface area contributed by atoms with Gasteiger partial charge in [0.1, 0.15) is 5.82 Å². The van der Waals surface area contributed by atoms with E-state index in [1.54, 1.807) is 12.1 Å². The second-order valence-corrected chi connectivity index (χ2v) is 7.35. The summed E-state index contributed by atoms with van der Waals surface area (Å²) in [6, 6.07) is 11.7. The van der Waals surface area contributed by atoms with E-state index in [-0.39, 0.29) is 11.2 Å². The minimum absolute atomic E-state index is 0.136. The van der Waals surface area contributed by atoms with Crippen molar-refractivity contribution in [3.05, 3.63) is 58.9 Å². The normalized spacial score (nSPS) is 19.3. The Morgan fingerprint density at radius 1 is 1.00 bits per heavy atom. The molecule has 126 valence electrons. The Hall–Kier alpha value is -1.91. The number of hydrogen-bond donors (Lipinski definition) is 2. The van der Waals surface area contributed by atoms with Crippen LogP contribution in [-0.2, 0) is 12.0 Å². The molecule has 2 heterocycles. The maximum absolute atomic E-state index is 13.6. The zero-order valence-corrected chi connectivity index (χ0v) is 14.3. The zero-order chi connectivity index (χ0) is 16.7. The molecule has 0 amide bonds. The van der Waals surface area contributed by atoms with Crippen molar-refractivity contribution in [3.8, 4) is 0 Å². The van der Waals surface area contributed by atoms with Crippen molar-refractivity contribution in [2.24, 2.45) is 0 Å². The van der Waals surface area contributed by atoms with Gasteiger partial charge in [-0.05, 0) is 34.9 Å². The Kier molecular flexibility index (Phi) is 3.82. The number of fused-ring (bicyclic) bond motifs is 2. The van der Waals surface area contributed by atoms with E-state index in [1.165, 1.54) is 11.1 Å². The molecule has 0 spiro atoms. The van der Waals surface area contributed by atoms with Crippen molar-refractivity contribution in [2.45, 2.75) is 25.8 Å². The van der Waals surface area contributed by atoms with Crippen LogP contribution in [0.25, 0.3) is 0 Å². The molecule has 2 aromatic carbocycles. The van der Waals surface area contributed by atoms with E-state index in [4.69, 9.17) is 0 Å². The lowest BCUT2D eigenvalue weighted by Crippen LogP contribution is -2.42. The third kappa shape index (κ3) is 2.70. The number of anilines is 2. The van der Waals surface area contributed by atoms with Crippen LogP contribution >= 0.6 is 0 Å². The van der Waals surface area contributed by atoms with Crippen LogP contribution in [0.15, 0.2) is 36.4 Å². The van der Waals surface area contributed by atoms with E-state index < -0.39 is 0 Å². The van der Waals surface area contributed by atoms with Crippen molar-refractivity contribution in [2.75, 3.05) is 31.5 Å². The molecule has 2 aromatic rings. The second-order valence-electron chi connectivity index (χ2n) is 7.35. The smallest absolute Gasteiger partial charge is 0.125 e. The lowest BCUT2D eigenvalue weighted by atomic mass is 9.74. The molecule has 0 aromatic heterocycles. The minimum atomic E-state index is -0.198. The highest BCUT2D eigenvalue weighted by Crippen LogP contribution is 2.45. The van der Waals surface area contributed by atoms with Gasteiger partial charge in [0, 0.05) is 49.5 Å². The molecule has 2 aliphatic heterocycles. The third-order valence-corrected chi connectivity index (χ3v) is 5.30.